The Morgan fingerprint density at radius 3 is 2.46 bits per heavy atom. The number of carboxylic acid groups (broad SMARTS) is 1. The van der Waals surface area contributed by atoms with Crippen LogP contribution in [0, 0.1) is 17.7 Å². The van der Waals surface area contributed by atoms with E-state index in [1.54, 1.807) is 6.07 Å². The highest BCUT2D eigenvalue weighted by molar-refractivity contribution is 5.77. The number of nitrogens with one attached hydrogen (secondary N) is 1. The van der Waals surface area contributed by atoms with Crippen LogP contribution in [0.15, 0.2) is 24.3 Å². The molecule has 132 valence electrons. The molecule has 9 heteroatoms. The lowest BCUT2D eigenvalue weighted by Gasteiger charge is -2.18. The van der Waals surface area contributed by atoms with E-state index in [0.717, 1.165) is 4.90 Å². The van der Waals surface area contributed by atoms with Gasteiger partial charge in [-0.25, -0.2) is 9.18 Å². The lowest BCUT2D eigenvalue weighted by atomic mass is 9.96. The van der Waals surface area contributed by atoms with Gasteiger partial charge in [0.2, 0.25) is 0 Å². The van der Waals surface area contributed by atoms with E-state index in [2.05, 4.69) is 5.32 Å². The van der Waals surface area contributed by atoms with E-state index in [1.807, 2.05) is 0 Å². The number of rotatable bonds is 4. The molecule has 1 heterocycles. The number of hydrogen-bond acceptors (Lipinski definition) is 2. The fourth-order valence-corrected chi connectivity index (χ4v) is 2.67. The second kappa shape index (κ2) is 7.06. The van der Waals surface area contributed by atoms with Gasteiger partial charge < -0.3 is 15.3 Å². The molecule has 1 saturated heterocycles. The molecule has 2 atom stereocenters. The van der Waals surface area contributed by atoms with E-state index in [1.165, 1.54) is 18.2 Å². The van der Waals surface area contributed by atoms with Crippen molar-refractivity contribution >= 4 is 12.0 Å². The molecule has 0 aliphatic carbocycles. The van der Waals surface area contributed by atoms with Crippen LogP contribution >= 0.6 is 0 Å². The zero-order valence-electron chi connectivity index (χ0n) is 12.5. The minimum absolute atomic E-state index is 0.0324. The quantitative estimate of drug-likeness (QED) is 0.820. The number of alkyl halides is 3. The van der Waals surface area contributed by atoms with Crippen molar-refractivity contribution in [1.82, 2.24) is 10.2 Å². The van der Waals surface area contributed by atoms with Crippen molar-refractivity contribution < 1.29 is 32.3 Å². The number of aliphatic carboxylic acids is 1. The summed E-state index contributed by atoms with van der Waals surface area (Å²) in [5, 5.41) is 11.3. The molecule has 0 aromatic heterocycles. The van der Waals surface area contributed by atoms with E-state index in [-0.39, 0.29) is 13.0 Å². The molecular weight excluding hydrogens is 332 g/mol. The summed E-state index contributed by atoms with van der Waals surface area (Å²) in [7, 11) is 0. The number of likely N-dealkylation sites (tertiary alicyclic amines) is 1. The lowest BCUT2D eigenvalue weighted by molar-refractivity contribution is -0.187. The van der Waals surface area contributed by atoms with Crippen LogP contribution in [0.1, 0.15) is 5.56 Å². The highest BCUT2D eigenvalue weighted by atomic mass is 19.4. The Hall–Kier alpha value is -2.32. The molecule has 1 aliphatic rings. The third-order valence-corrected chi connectivity index (χ3v) is 3.97. The molecule has 2 amide bonds. The van der Waals surface area contributed by atoms with Gasteiger partial charge in [-0.3, -0.25) is 4.79 Å². The second-order valence-electron chi connectivity index (χ2n) is 5.57. The minimum atomic E-state index is -4.69. The molecule has 1 fully saturated rings. The van der Waals surface area contributed by atoms with Gasteiger partial charge in [0.05, 0.1) is 11.8 Å². The van der Waals surface area contributed by atoms with Crippen molar-refractivity contribution in [2.24, 2.45) is 11.8 Å². The van der Waals surface area contributed by atoms with Crippen LogP contribution in [0.3, 0.4) is 0 Å². The second-order valence-corrected chi connectivity index (χ2v) is 5.57. The van der Waals surface area contributed by atoms with Crippen LogP contribution in [0.5, 0.6) is 0 Å². The van der Waals surface area contributed by atoms with Crippen molar-refractivity contribution in [2.45, 2.75) is 12.6 Å². The van der Waals surface area contributed by atoms with Crippen LogP contribution in [-0.4, -0.2) is 47.8 Å². The molecule has 0 spiro atoms. The van der Waals surface area contributed by atoms with E-state index < -0.39 is 48.9 Å². The zero-order chi connectivity index (χ0) is 17.9. The van der Waals surface area contributed by atoms with Crippen LogP contribution < -0.4 is 5.32 Å². The summed E-state index contributed by atoms with van der Waals surface area (Å²) in [5.74, 6) is -5.79. The summed E-state index contributed by atoms with van der Waals surface area (Å²) < 4.78 is 52.0. The van der Waals surface area contributed by atoms with Gasteiger partial charge in [-0.15, -0.1) is 0 Å². The Morgan fingerprint density at radius 1 is 1.25 bits per heavy atom. The fourth-order valence-electron chi connectivity index (χ4n) is 2.67. The Balaban J connectivity index is 1.91. The summed E-state index contributed by atoms with van der Waals surface area (Å²) in [6.45, 7) is -1.18. The molecule has 0 unspecified atom stereocenters. The van der Waals surface area contributed by atoms with Gasteiger partial charge in [-0.1, -0.05) is 18.2 Å². The molecule has 1 aromatic rings. The van der Waals surface area contributed by atoms with Gasteiger partial charge in [0, 0.05) is 19.6 Å². The Kier molecular flexibility index (Phi) is 5.30. The number of amides is 2. The third kappa shape index (κ3) is 4.15. The van der Waals surface area contributed by atoms with Crippen molar-refractivity contribution in [3.05, 3.63) is 35.6 Å². The van der Waals surface area contributed by atoms with E-state index in [0.29, 0.717) is 5.56 Å². The molecule has 0 bridgehead atoms. The number of carbonyl (C=O) groups excluding carboxylic acids is 1. The first kappa shape index (κ1) is 18.0. The first-order chi connectivity index (χ1) is 11.2. The van der Waals surface area contributed by atoms with Gasteiger partial charge in [0.1, 0.15) is 5.82 Å². The largest absolute Gasteiger partial charge is 0.481 e. The van der Waals surface area contributed by atoms with Crippen molar-refractivity contribution in [2.75, 3.05) is 19.6 Å². The van der Waals surface area contributed by atoms with Crippen LogP contribution in [-0.2, 0) is 11.2 Å². The summed E-state index contributed by atoms with van der Waals surface area (Å²) in [5.41, 5.74) is 0.371. The fraction of sp³-hybridized carbons (Fsp3) is 0.467. The molecule has 0 radical (unpaired) electrons. The molecule has 2 N–H and O–H groups in total. The zero-order valence-corrected chi connectivity index (χ0v) is 12.5. The number of halogens is 4. The first-order valence-corrected chi connectivity index (χ1v) is 7.26. The maximum Gasteiger partial charge on any atom is 0.394 e. The van der Waals surface area contributed by atoms with Gasteiger partial charge in [0.15, 0.2) is 0 Å². The van der Waals surface area contributed by atoms with E-state index >= 15 is 0 Å². The molecule has 5 nitrogen and oxygen atoms in total. The van der Waals surface area contributed by atoms with Crippen LogP contribution in [0.4, 0.5) is 22.4 Å². The Morgan fingerprint density at radius 2 is 1.92 bits per heavy atom. The molecule has 0 saturated carbocycles. The monoisotopic (exact) mass is 348 g/mol. The molecular formula is C15H16F4N2O3. The molecule has 1 aliphatic heterocycles. The van der Waals surface area contributed by atoms with Crippen molar-refractivity contribution in [3.8, 4) is 0 Å². The van der Waals surface area contributed by atoms with Crippen LogP contribution in [0.25, 0.3) is 0 Å². The topological polar surface area (TPSA) is 69.6 Å². The van der Waals surface area contributed by atoms with E-state index in [4.69, 9.17) is 5.11 Å². The Labute approximate surface area is 135 Å². The standard InChI is InChI=1S/C15H16F4N2O3/c16-12-4-2-1-3-9(12)5-6-20-14(24)21-7-10(13(22)23)11(8-21)15(17,18)19/h1-4,10-11H,5-8H2,(H,20,24)(H,22,23)/t10-,11-/m1/s1. The van der Waals surface area contributed by atoms with Crippen LogP contribution in [0.2, 0.25) is 0 Å². The maximum atomic E-state index is 13.4. The summed E-state index contributed by atoms with van der Waals surface area (Å²) >= 11 is 0. The smallest absolute Gasteiger partial charge is 0.394 e. The normalized spacial score (nSPS) is 20.9. The van der Waals surface area contributed by atoms with Gasteiger partial charge in [-0.2, -0.15) is 13.2 Å². The van der Waals surface area contributed by atoms with Gasteiger partial charge in [0.25, 0.3) is 0 Å². The van der Waals surface area contributed by atoms with Gasteiger partial charge >= 0.3 is 18.2 Å². The number of carboxylic acids is 1. The predicted octanol–water partition coefficient (Wildman–Crippen LogP) is 2.27. The first-order valence-electron chi connectivity index (χ1n) is 7.26. The van der Waals surface area contributed by atoms with Crippen molar-refractivity contribution in [3.63, 3.8) is 0 Å². The van der Waals surface area contributed by atoms with E-state index in [9.17, 15) is 27.2 Å². The number of urea groups is 1. The minimum Gasteiger partial charge on any atom is -0.481 e. The highest BCUT2D eigenvalue weighted by Gasteiger charge is 2.53. The average molecular weight is 348 g/mol. The summed E-state index contributed by atoms with van der Waals surface area (Å²) in [6, 6.07) is 5.17. The Bertz CT molecular complexity index is 621. The SMILES string of the molecule is O=C(O)[C@@H]1CN(C(=O)NCCc2ccccc2F)C[C@H]1C(F)(F)F. The average Bonchev–Trinajstić information content (AvgIpc) is 2.95. The van der Waals surface area contributed by atoms with Crippen molar-refractivity contribution in [1.29, 1.82) is 0 Å². The summed E-state index contributed by atoms with van der Waals surface area (Å²) in [4.78, 5) is 23.7. The number of benzene rings is 1. The predicted molar refractivity (Wildman–Crippen MR) is 75.7 cm³/mol. The molecule has 24 heavy (non-hydrogen) atoms. The summed E-state index contributed by atoms with van der Waals surface area (Å²) in [6.07, 6.45) is -4.51. The number of carbonyl (C=O) groups is 2. The number of nitrogens with zero attached hydrogens (tertiary/aromatic N) is 1. The maximum absolute atomic E-state index is 13.4. The lowest BCUT2D eigenvalue weighted by Crippen LogP contribution is -2.40. The van der Waals surface area contributed by atoms with Gasteiger partial charge in [-0.05, 0) is 18.1 Å². The highest BCUT2D eigenvalue weighted by Crippen LogP contribution is 2.37. The number of hydrogen-bond donors (Lipinski definition) is 2. The molecule has 1 aromatic carbocycles. The third-order valence-electron chi connectivity index (χ3n) is 3.97. The molecule has 2 rings (SSSR count).